The van der Waals surface area contributed by atoms with Crippen molar-refractivity contribution >= 4 is 33.1 Å². The normalized spacial score (nSPS) is 18.1. The molecule has 1 amide bonds. The quantitative estimate of drug-likeness (QED) is 0.283. The highest BCUT2D eigenvalue weighted by atomic mass is 32.2. The van der Waals surface area contributed by atoms with E-state index in [1.807, 2.05) is 50.2 Å². The first-order valence-corrected chi connectivity index (χ1v) is 15.6. The number of ketones is 1. The number of carbonyl (C=O) groups excluding carboxylic acids is 2. The average Bonchev–Trinajstić information content (AvgIpc) is 3.21. The first-order chi connectivity index (χ1) is 19.2. The Kier molecular flexibility index (Phi) is 8.26. The van der Waals surface area contributed by atoms with Gasteiger partial charge in [-0.25, -0.2) is 8.42 Å². The van der Waals surface area contributed by atoms with E-state index >= 15 is 0 Å². The molecule has 3 aromatic rings. The molecule has 1 aliphatic heterocycles. The minimum absolute atomic E-state index is 0.00455. The summed E-state index contributed by atoms with van der Waals surface area (Å²) in [5, 5.41) is 2.94. The van der Waals surface area contributed by atoms with Crippen LogP contribution in [0.3, 0.4) is 0 Å². The molecule has 7 nitrogen and oxygen atoms in total. The maximum absolute atomic E-state index is 13.8. The molecule has 0 spiro atoms. The number of aryl methyl sites for hydroxylation is 2. The Morgan fingerprint density at radius 1 is 0.900 bits per heavy atom. The van der Waals surface area contributed by atoms with Gasteiger partial charge in [0.25, 0.3) is 10.0 Å². The van der Waals surface area contributed by atoms with Crippen LogP contribution in [0.4, 0.5) is 11.4 Å². The third kappa shape index (κ3) is 6.22. The minimum Gasteiger partial charge on any atom is -0.367 e. The van der Waals surface area contributed by atoms with Crippen LogP contribution in [0.25, 0.3) is 0 Å². The summed E-state index contributed by atoms with van der Waals surface area (Å²) in [7, 11) is -3.96. The van der Waals surface area contributed by atoms with E-state index in [0.29, 0.717) is 30.0 Å². The van der Waals surface area contributed by atoms with Crippen molar-refractivity contribution in [2.24, 2.45) is 5.92 Å². The van der Waals surface area contributed by atoms with E-state index in [1.165, 1.54) is 18.9 Å². The van der Waals surface area contributed by atoms with Crippen LogP contribution < -0.4 is 14.9 Å². The smallest absolute Gasteiger partial charge is 0.261 e. The van der Waals surface area contributed by atoms with Crippen molar-refractivity contribution in [2.45, 2.75) is 69.9 Å². The van der Waals surface area contributed by atoms with E-state index in [9.17, 15) is 18.0 Å². The molecular formula is C32H37N3O4S. The number of rotatable bonds is 7. The highest BCUT2D eigenvalue weighted by Gasteiger charge is 2.39. The predicted octanol–water partition coefficient (Wildman–Crippen LogP) is 5.76. The van der Waals surface area contributed by atoms with Gasteiger partial charge >= 0.3 is 0 Å². The summed E-state index contributed by atoms with van der Waals surface area (Å²) in [6.45, 7) is 4.44. The number of sulfonamides is 1. The summed E-state index contributed by atoms with van der Waals surface area (Å²) >= 11 is 0. The zero-order valence-corrected chi connectivity index (χ0v) is 24.0. The number of anilines is 2. The lowest BCUT2D eigenvalue weighted by Gasteiger charge is -2.40. The Labute approximate surface area is 237 Å². The molecular weight excluding hydrogens is 522 g/mol. The van der Waals surface area contributed by atoms with Gasteiger partial charge in [0, 0.05) is 36.1 Å². The second-order valence-corrected chi connectivity index (χ2v) is 12.8. The topological polar surface area (TPSA) is 95.6 Å². The van der Waals surface area contributed by atoms with E-state index in [2.05, 4.69) is 14.9 Å². The molecule has 2 N–H and O–H groups in total. The van der Waals surface area contributed by atoms with E-state index in [1.54, 1.807) is 24.3 Å². The van der Waals surface area contributed by atoms with Crippen molar-refractivity contribution in [3.8, 4) is 0 Å². The fourth-order valence-corrected chi connectivity index (χ4v) is 7.04. The molecule has 1 heterocycles. The number of nitrogens with zero attached hydrogens (tertiary/aromatic N) is 1. The fourth-order valence-electron chi connectivity index (χ4n) is 5.97. The summed E-state index contributed by atoms with van der Waals surface area (Å²) in [6.07, 6.45) is 6.53. The van der Waals surface area contributed by atoms with E-state index in [0.717, 1.165) is 42.4 Å². The van der Waals surface area contributed by atoms with E-state index in [-0.39, 0.29) is 22.6 Å². The van der Waals surface area contributed by atoms with Gasteiger partial charge in [-0.2, -0.15) is 0 Å². The second-order valence-electron chi connectivity index (χ2n) is 11.1. The summed E-state index contributed by atoms with van der Waals surface area (Å²) in [5.74, 6) is -1.58. The molecule has 1 atom stereocenters. The number of hydrogen-bond donors (Lipinski definition) is 2. The van der Waals surface area contributed by atoms with Crippen LogP contribution in [0.15, 0.2) is 71.6 Å². The maximum Gasteiger partial charge on any atom is 0.261 e. The Bertz CT molecular complexity index is 1480. The van der Waals surface area contributed by atoms with Gasteiger partial charge in [-0.15, -0.1) is 0 Å². The lowest BCUT2D eigenvalue weighted by Crippen LogP contribution is -2.50. The average molecular weight is 560 g/mol. The van der Waals surface area contributed by atoms with Gasteiger partial charge in [0.05, 0.1) is 4.90 Å². The van der Waals surface area contributed by atoms with Gasteiger partial charge in [-0.05, 0) is 73.7 Å². The van der Waals surface area contributed by atoms with Gasteiger partial charge in [0.1, 0.15) is 5.92 Å². The first kappa shape index (κ1) is 27.9. The number of hydrogen-bond acceptors (Lipinski definition) is 5. The SMILES string of the molecule is Cc1cc(C)cc(NS(=O)(=O)c2ccc3c(c2)C(=O)C(C(=O)NCc2ccccc2)CN3C2CCCCCC2)c1. The Morgan fingerprint density at radius 3 is 2.25 bits per heavy atom. The van der Waals surface area contributed by atoms with Crippen LogP contribution in [0, 0.1) is 19.8 Å². The Morgan fingerprint density at radius 2 is 1.57 bits per heavy atom. The molecule has 0 bridgehead atoms. The van der Waals surface area contributed by atoms with Gasteiger partial charge < -0.3 is 10.2 Å². The Balaban J connectivity index is 1.47. The highest BCUT2D eigenvalue weighted by molar-refractivity contribution is 7.92. The van der Waals surface area contributed by atoms with Crippen LogP contribution in [0.5, 0.6) is 0 Å². The van der Waals surface area contributed by atoms with Crippen LogP contribution >= 0.6 is 0 Å². The third-order valence-electron chi connectivity index (χ3n) is 7.91. The summed E-state index contributed by atoms with van der Waals surface area (Å²) in [4.78, 5) is 29.4. The fraction of sp³-hybridized carbons (Fsp3) is 0.375. The minimum atomic E-state index is -3.96. The lowest BCUT2D eigenvalue weighted by atomic mass is 9.88. The van der Waals surface area contributed by atoms with Gasteiger partial charge in [0.15, 0.2) is 5.78 Å². The first-order valence-electron chi connectivity index (χ1n) is 14.1. The molecule has 0 aromatic heterocycles. The van der Waals surface area contributed by atoms with Crippen LogP contribution in [0.2, 0.25) is 0 Å². The van der Waals surface area contributed by atoms with E-state index in [4.69, 9.17) is 0 Å². The third-order valence-corrected chi connectivity index (χ3v) is 9.29. The van der Waals surface area contributed by atoms with Crippen LogP contribution in [0.1, 0.15) is 65.6 Å². The Hall–Kier alpha value is -3.65. The van der Waals surface area contributed by atoms with Crippen molar-refractivity contribution < 1.29 is 18.0 Å². The van der Waals surface area contributed by atoms with Crippen LogP contribution in [-0.2, 0) is 21.4 Å². The molecule has 5 rings (SSSR count). The molecule has 1 aliphatic carbocycles. The molecule has 40 heavy (non-hydrogen) atoms. The number of amides is 1. The number of carbonyl (C=O) groups is 2. The lowest BCUT2D eigenvalue weighted by molar-refractivity contribution is -0.123. The molecule has 2 aliphatic rings. The van der Waals surface area contributed by atoms with Crippen molar-refractivity contribution in [3.63, 3.8) is 0 Å². The number of nitrogens with one attached hydrogen (secondary N) is 2. The predicted molar refractivity (Wildman–Crippen MR) is 158 cm³/mol. The van der Waals surface area contributed by atoms with Crippen molar-refractivity contribution in [1.82, 2.24) is 5.32 Å². The zero-order valence-electron chi connectivity index (χ0n) is 23.2. The number of benzene rings is 3. The molecule has 1 fully saturated rings. The molecule has 210 valence electrons. The van der Waals surface area contributed by atoms with Gasteiger partial charge in [-0.1, -0.05) is 62.1 Å². The molecule has 0 saturated heterocycles. The summed E-state index contributed by atoms with van der Waals surface area (Å²) < 4.78 is 29.5. The maximum atomic E-state index is 13.8. The number of Topliss-reactive ketones (excluding diaryl/α,β-unsaturated/α-hetero) is 1. The zero-order chi connectivity index (χ0) is 28.3. The van der Waals surface area contributed by atoms with E-state index < -0.39 is 15.9 Å². The van der Waals surface area contributed by atoms with Crippen molar-refractivity contribution in [2.75, 3.05) is 16.2 Å². The molecule has 0 radical (unpaired) electrons. The van der Waals surface area contributed by atoms with Gasteiger partial charge in [-0.3, -0.25) is 14.3 Å². The summed E-state index contributed by atoms with van der Waals surface area (Å²) in [6, 6.07) is 20.1. The molecule has 1 saturated carbocycles. The molecule has 8 heteroatoms. The summed E-state index contributed by atoms with van der Waals surface area (Å²) in [5.41, 5.74) is 4.32. The largest absolute Gasteiger partial charge is 0.367 e. The van der Waals surface area contributed by atoms with Crippen molar-refractivity contribution in [1.29, 1.82) is 0 Å². The van der Waals surface area contributed by atoms with Crippen LogP contribution in [-0.4, -0.2) is 32.7 Å². The molecule has 3 aromatic carbocycles. The van der Waals surface area contributed by atoms with Crippen molar-refractivity contribution in [3.05, 3.63) is 89.0 Å². The highest BCUT2D eigenvalue weighted by Crippen LogP contribution is 2.37. The number of fused-ring (bicyclic) bond motifs is 1. The monoisotopic (exact) mass is 559 g/mol. The van der Waals surface area contributed by atoms with Gasteiger partial charge in [0.2, 0.25) is 5.91 Å². The molecule has 1 unspecified atom stereocenters. The standard InChI is InChI=1S/C32H37N3O4S/c1-22-16-23(2)18-25(17-22)34-40(38,39)27-14-15-30-28(19-27)31(36)29(21-35(30)26-12-8-3-4-9-13-26)32(37)33-20-24-10-6-5-7-11-24/h5-7,10-11,14-19,26,29,34H,3-4,8-9,12-13,20-21H2,1-2H3,(H,33,37). The second kappa shape index (κ2) is 11.8.